The average molecular weight is 333 g/mol. The Morgan fingerprint density at radius 2 is 2.12 bits per heavy atom. The van der Waals surface area contributed by atoms with E-state index in [1.807, 2.05) is 31.2 Å². The summed E-state index contributed by atoms with van der Waals surface area (Å²) in [6.45, 7) is 1.95. The molecular formula is C20H16FN3O. The van der Waals surface area contributed by atoms with Gasteiger partial charge in [-0.3, -0.25) is 9.79 Å². The molecule has 0 aliphatic carbocycles. The van der Waals surface area contributed by atoms with E-state index in [9.17, 15) is 9.18 Å². The number of hydrogen-bond donors (Lipinski definition) is 2. The number of halogens is 1. The van der Waals surface area contributed by atoms with Gasteiger partial charge in [0.15, 0.2) is 0 Å². The molecule has 1 aliphatic heterocycles. The van der Waals surface area contributed by atoms with Gasteiger partial charge in [0.2, 0.25) is 0 Å². The van der Waals surface area contributed by atoms with Gasteiger partial charge in [0.25, 0.3) is 5.91 Å². The predicted octanol–water partition coefficient (Wildman–Crippen LogP) is 4.44. The third-order valence-corrected chi connectivity index (χ3v) is 4.34. The van der Waals surface area contributed by atoms with Crippen molar-refractivity contribution in [2.24, 2.45) is 4.99 Å². The molecule has 25 heavy (non-hydrogen) atoms. The molecule has 0 saturated carbocycles. The van der Waals surface area contributed by atoms with Crippen LogP contribution in [0, 0.1) is 5.82 Å². The number of fused-ring (bicyclic) bond motifs is 2. The van der Waals surface area contributed by atoms with Crippen LogP contribution >= 0.6 is 0 Å². The Kier molecular flexibility index (Phi) is 3.69. The second-order valence-electron chi connectivity index (χ2n) is 6.00. The molecule has 0 bridgehead atoms. The minimum absolute atomic E-state index is 0.257. The summed E-state index contributed by atoms with van der Waals surface area (Å²) in [4.78, 5) is 20.0. The molecule has 5 heteroatoms. The summed E-state index contributed by atoms with van der Waals surface area (Å²) in [5, 5.41) is 3.63. The van der Waals surface area contributed by atoms with E-state index in [4.69, 9.17) is 0 Å². The van der Waals surface area contributed by atoms with Crippen LogP contribution in [0.25, 0.3) is 10.9 Å². The molecule has 124 valence electrons. The number of aliphatic imine (C=N–C) groups is 1. The van der Waals surface area contributed by atoms with Crippen molar-refractivity contribution in [1.29, 1.82) is 0 Å². The maximum Gasteiger partial charge on any atom is 0.272 e. The quantitative estimate of drug-likeness (QED) is 0.716. The minimum atomic E-state index is -0.326. The zero-order chi connectivity index (χ0) is 17.4. The predicted molar refractivity (Wildman–Crippen MR) is 97.7 cm³/mol. The van der Waals surface area contributed by atoms with Gasteiger partial charge in [-0.2, -0.15) is 0 Å². The van der Waals surface area contributed by atoms with Crippen molar-refractivity contribution in [2.75, 3.05) is 5.32 Å². The van der Waals surface area contributed by atoms with Crippen LogP contribution < -0.4 is 5.32 Å². The molecule has 4 nitrogen and oxygen atoms in total. The monoisotopic (exact) mass is 333 g/mol. The van der Waals surface area contributed by atoms with Crippen molar-refractivity contribution in [3.05, 3.63) is 77.4 Å². The van der Waals surface area contributed by atoms with Crippen LogP contribution in [0.2, 0.25) is 0 Å². The molecule has 0 atom stereocenters. The highest BCUT2D eigenvalue weighted by atomic mass is 19.1. The molecule has 0 fully saturated rings. The molecule has 0 saturated heterocycles. The number of carbonyl (C=O) groups is 1. The van der Waals surface area contributed by atoms with Crippen LogP contribution in [-0.4, -0.2) is 16.6 Å². The lowest BCUT2D eigenvalue weighted by atomic mass is 9.99. The number of benzene rings is 2. The highest BCUT2D eigenvalue weighted by Gasteiger charge is 2.15. The fraction of sp³-hybridized carbons (Fsp3) is 0.100. The van der Waals surface area contributed by atoms with Crippen LogP contribution in [0.5, 0.6) is 0 Å². The first-order chi connectivity index (χ1) is 12.1. The number of carbonyl (C=O) groups excluding carboxylic acids is 1. The van der Waals surface area contributed by atoms with Gasteiger partial charge >= 0.3 is 0 Å². The number of nitrogens with zero attached hydrogens (tertiary/aromatic N) is 1. The number of rotatable bonds is 2. The largest absolute Gasteiger partial charge is 0.351 e. The maximum atomic E-state index is 13.3. The number of nitrogens with one attached hydrogen (secondary N) is 2. The fourth-order valence-corrected chi connectivity index (χ4v) is 3.08. The number of allylic oxidation sites excluding steroid dienone is 1. The molecule has 0 spiro atoms. The van der Waals surface area contributed by atoms with Gasteiger partial charge in [-0.25, -0.2) is 4.39 Å². The average Bonchev–Trinajstić information content (AvgIpc) is 2.92. The van der Waals surface area contributed by atoms with Crippen molar-refractivity contribution in [3.8, 4) is 0 Å². The summed E-state index contributed by atoms with van der Waals surface area (Å²) in [7, 11) is 0. The van der Waals surface area contributed by atoms with Crippen LogP contribution in [-0.2, 0) is 6.42 Å². The number of hydrogen-bond acceptors (Lipinski definition) is 2. The minimum Gasteiger partial charge on any atom is -0.351 e. The summed E-state index contributed by atoms with van der Waals surface area (Å²) in [6, 6.07) is 11.8. The number of aromatic amines is 1. The molecule has 0 radical (unpaired) electrons. The van der Waals surface area contributed by atoms with Crippen molar-refractivity contribution in [1.82, 2.24) is 4.98 Å². The van der Waals surface area contributed by atoms with Gasteiger partial charge in [-0.1, -0.05) is 18.2 Å². The number of aromatic nitrogens is 1. The first kappa shape index (κ1) is 15.3. The third kappa shape index (κ3) is 2.85. The lowest BCUT2D eigenvalue weighted by molar-refractivity contribution is 0.102. The lowest BCUT2D eigenvalue weighted by Crippen LogP contribution is -2.15. The Morgan fingerprint density at radius 3 is 3.00 bits per heavy atom. The van der Waals surface area contributed by atoms with Crippen molar-refractivity contribution >= 4 is 28.2 Å². The van der Waals surface area contributed by atoms with E-state index < -0.39 is 0 Å². The second kappa shape index (κ2) is 6.02. The topological polar surface area (TPSA) is 57.2 Å². The van der Waals surface area contributed by atoms with Gasteiger partial charge < -0.3 is 10.3 Å². The van der Waals surface area contributed by atoms with Crippen LogP contribution in [0.4, 0.5) is 10.1 Å². The Hall–Kier alpha value is -3.21. The van der Waals surface area contributed by atoms with Gasteiger partial charge in [-0.15, -0.1) is 0 Å². The second-order valence-corrected chi connectivity index (χ2v) is 6.00. The summed E-state index contributed by atoms with van der Waals surface area (Å²) in [5.74, 6) is -0.582. The van der Waals surface area contributed by atoms with E-state index >= 15 is 0 Å². The highest BCUT2D eigenvalue weighted by molar-refractivity contribution is 6.08. The smallest absolute Gasteiger partial charge is 0.272 e. The van der Waals surface area contributed by atoms with Gasteiger partial charge in [0, 0.05) is 34.1 Å². The normalized spacial score (nSPS) is 13.3. The molecule has 3 aromatic rings. The third-order valence-electron chi connectivity index (χ3n) is 4.34. The van der Waals surface area contributed by atoms with Gasteiger partial charge in [0.1, 0.15) is 11.5 Å². The van der Waals surface area contributed by atoms with Gasteiger partial charge in [-0.05, 0) is 49.2 Å². The summed E-state index contributed by atoms with van der Waals surface area (Å²) in [5.41, 5.74) is 4.86. The summed E-state index contributed by atoms with van der Waals surface area (Å²) in [6.07, 6.45) is 4.45. The fourth-order valence-electron chi connectivity index (χ4n) is 3.08. The molecule has 2 N–H and O–H groups in total. The standard InChI is InChI=1S/C20H16FN3O/c1-12-15-4-2-6-18(16(15)5-3-9-22-12)24-20(25)19-11-13-10-14(21)7-8-17(13)23-19/h2-4,6-11,23H,5H2,1H3,(H,24,25). The van der Waals surface area contributed by atoms with Crippen LogP contribution in [0.15, 0.2) is 59.7 Å². The Balaban J connectivity index is 1.68. The first-order valence-corrected chi connectivity index (χ1v) is 8.03. The maximum absolute atomic E-state index is 13.3. The Morgan fingerprint density at radius 1 is 1.24 bits per heavy atom. The number of H-pyrrole nitrogens is 1. The molecule has 2 aromatic carbocycles. The van der Waals surface area contributed by atoms with Crippen molar-refractivity contribution in [3.63, 3.8) is 0 Å². The molecule has 1 aromatic heterocycles. The Bertz CT molecular complexity index is 1050. The first-order valence-electron chi connectivity index (χ1n) is 8.03. The van der Waals surface area contributed by atoms with Crippen LogP contribution in [0.1, 0.15) is 28.5 Å². The molecule has 2 heterocycles. The number of anilines is 1. The van der Waals surface area contributed by atoms with E-state index in [1.165, 1.54) is 12.1 Å². The SMILES string of the molecule is CC1=NC=CCc2c(NC(=O)c3cc4cc(F)ccc4[nH]3)cccc21. The molecular weight excluding hydrogens is 317 g/mol. The highest BCUT2D eigenvalue weighted by Crippen LogP contribution is 2.25. The van der Waals surface area contributed by atoms with E-state index in [0.29, 0.717) is 17.5 Å². The molecule has 1 aliphatic rings. The van der Waals surface area contributed by atoms with Crippen LogP contribution in [0.3, 0.4) is 0 Å². The van der Waals surface area contributed by atoms with E-state index in [1.54, 1.807) is 18.3 Å². The van der Waals surface area contributed by atoms with E-state index in [2.05, 4.69) is 15.3 Å². The van der Waals surface area contributed by atoms with Crippen molar-refractivity contribution < 1.29 is 9.18 Å². The molecule has 4 rings (SSSR count). The number of amides is 1. The lowest BCUT2D eigenvalue weighted by Gasteiger charge is -2.13. The molecule has 0 unspecified atom stereocenters. The summed E-state index contributed by atoms with van der Waals surface area (Å²) < 4.78 is 13.3. The van der Waals surface area contributed by atoms with E-state index in [0.717, 1.165) is 28.0 Å². The summed E-state index contributed by atoms with van der Waals surface area (Å²) >= 11 is 0. The van der Waals surface area contributed by atoms with Gasteiger partial charge in [0.05, 0.1) is 0 Å². The zero-order valence-electron chi connectivity index (χ0n) is 13.6. The molecule has 1 amide bonds. The van der Waals surface area contributed by atoms with Crippen molar-refractivity contribution in [2.45, 2.75) is 13.3 Å². The zero-order valence-corrected chi connectivity index (χ0v) is 13.6. The Labute approximate surface area is 144 Å². The van der Waals surface area contributed by atoms with E-state index in [-0.39, 0.29) is 11.7 Å².